The van der Waals surface area contributed by atoms with E-state index in [0.717, 1.165) is 0 Å². The molecule has 0 heterocycles. The van der Waals surface area contributed by atoms with Crippen LogP contribution in [-0.4, -0.2) is 27.4 Å². The van der Waals surface area contributed by atoms with Crippen molar-refractivity contribution in [3.05, 3.63) is 23.2 Å². The summed E-state index contributed by atoms with van der Waals surface area (Å²) in [6.45, 7) is 2.33. The van der Waals surface area contributed by atoms with E-state index in [2.05, 4.69) is 10.0 Å². The Labute approximate surface area is 117 Å². The largest absolute Gasteiger partial charge is 0.397 e. The van der Waals surface area contributed by atoms with E-state index in [9.17, 15) is 13.2 Å². The third-order valence-corrected chi connectivity index (χ3v) is 4.10. The Kier molecular flexibility index (Phi) is 5.59. The van der Waals surface area contributed by atoms with Crippen LogP contribution in [0.1, 0.15) is 13.3 Å². The average Bonchev–Trinajstić information content (AvgIpc) is 2.32. The quantitative estimate of drug-likeness (QED) is 0.674. The van der Waals surface area contributed by atoms with Crippen LogP contribution < -0.4 is 15.8 Å². The number of halogens is 1. The second-order valence-electron chi connectivity index (χ2n) is 3.78. The second kappa shape index (κ2) is 6.74. The molecule has 0 saturated heterocycles. The molecule has 1 aromatic rings. The maximum atomic E-state index is 11.9. The van der Waals surface area contributed by atoms with E-state index in [1.54, 1.807) is 6.92 Å². The highest BCUT2D eigenvalue weighted by Crippen LogP contribution is 2.21. The van der Waals surface area contributed by atoms with Gasteiger partial charge in [-0.05, 0) is 25.1 Å². The van der Waals surface area contributed by atoms with Crippen LogP contribution in [0.5, 0.6) is 0 Å². The summed E-state index contributed by atoms with van der Waals surface area (Å²) in [5.41, 5.74) is 5.73. The van der Waals surface area contributed by atoms with Gasteiger partial charge in [-0.1, -0.05) is 11.6 Å². The van der Waals surface area contributed by atoms with Crippen molar-refractivity contribution in [3.63, 3.8) is 0 Å². The fraction of sp³-hybridized carbons (Fsp3) is 0.364. The fourth-order valence-electron chi connectivity index (χ4n) is 1.36. The van der Waals surface area contributed by atoms with Gasteiger partial charge in [-0.25, -0.2) is 13.1 Å². The van der Waals surface area contributed by atoms with E-state index < -0.39 is 10.0 Å². The first-order valence-corrected chi connectivity index (χ1v) is 7.54. The van der Waals surface area contributed by atoms with Crippen molar-refractivity contribution >= 4 is 33.2 Å². The Bertz CT molecular complexity index is 560. The summed E-state index contributed by atoms with van der Waals surface area (Å²) in [5, 5.41) is 2.87. The normalized spacial score (nSPS) is 11.3. The maximum Gasteiger partial charge on any atom is 0.240 e. The van der Waals surface area contributed by atoms with E-state index in [-0.39, 0.29) is 29.5 Å². The average molecular weight is 306 g/mol. The molecule has 6 nitrogen and oxygen atoms in total. The van der Waals surface area contributed by atoms with Crippen molar-refractivity contribution in [1.82, 2.24) is 10.0 Å². The Balaban J connectivity index is 2.66. The topological polar surface area (TPSA) is 101 Å². The molecule has 0 radical (unpaired) electrons. The highest BCUT2D eigenvalue weighted by Gasteiger charge is 2.15. The lowest BCUT2D eigenvalue weighted by Gasteiger charge is -2.08. The first kappa shape index (κ1) is 15.7. The third kappa shape index (κ3) is 4.70. The summed E-state index contributed by atoms with van der Waals surface area (Å²) in [5.74, 6) is -0.208. The monoisotopic (exact) mass is 305 g/mol. The number of hydrogen-bond donors (Lipinski definition) is 3. The Morgan fingerprint density at radius 3 is 2.68 bits per heavy atom. The highest BCUT2D eigenvalue weighted by atomic mass is 35.5. The summed E-state index contributed by atoms with van der Waals surface area (Å²) in [7, 11) is -3.68. The maximum absolute atomic E-state index is 11.9. The third-order valence-electron chi connectivity index (χ3n) is 2.30. The lowest BCUT2D eigenvalue weighted by atomic mass is 10.3. The SMILES string of the molecule is CCNC(=O)CCNS(=O)(=O)c1ccc(Cl)c(N)c1. The van der Waals surface area contributed by atoms with Gasteiger partial charge >= 0.3 is 0 Å². The molecule has 0 atom stereocenters. The van der Waals surface area contributed by atoms with Gasteiger partial charge in [0.2, 0.25) is 15.9 Å². The predicted octanol–water partition coefficient (Wildman–Crippen LogP) is 0.727. The molecule has 0 unspecified atom stereocenters. The van der Waals surface area contributed by atoms with Crippen molar-refractivity contribution in [3.8, 4) is 0 Å². The molecule has 0 aliphatic carbocycles. The van der Waals surface area contributed by atoms with Crippen molar-refractivity contribution < 1.29 is 13.2 Å². The fourth-order valence-corrected chi connectivity index (χ4v) is 2.54. The van der Waals surface area contributed by atoms with Gasteiger partial charge < -0.3 is 11.1 Å². The summed E-state index contributed by atoms with van der Waals surface area (Å²) in [6.07, 6.45) is 0.0795. The molecular weight excluding hydrogens is 290 g/mol. The number of nitrogens with one attached hydrogen (secondary N) is 2. The van der Waals surface area contributed by atoms with E-state index in [0.29, 0.717) is 11.6 Å². The van der Waals surface area contributed by atoms with Gasteiger partial charge in [0.1, 0.15) is 0 Å². The lowest BCUT2D eigenvalue weighted by Crippen LogP contribution is -2.30. The summed E-state index contributed by atoms with van der Waals surface area (Å²) >= 11 is 5.72. The van der Waals surface area contributed by atoms with E-state index >= 15 is 0 Å². The molecule has 1 rings (SSSR count). The van der Waals surface area contributed by atoms with Crippen molar-refractivity contribution in [2.75, 3.05) is 18.8 Å². The van der Waals surface area contributed by atoms with Gasteiger partial charge in [0.25, 0.3) is 0 Å². The van der Waals surface area contributed by atoms with Crippen LogP contribution in [0.2, 0.25) is 5.02 Å². The van der Waals surface area contributed by atoms with Crippen LogP contribution >= 0.6 is 11.6 Å². The number of carbonyl (C=O) groups is 1. The van der Waals surface area contributed by atoms with Crippen LogP contribution in [0.3, 0.4) is 0 Å². The molecule has 0 aliphatic heterocycles. The number of sulfonamides is 1. The zero-order valence-corrected chi connectivity index (χ0v) is 12.0. The van der Waals surface area contributed by atoms with Gasteiger partial charge in [0.15, 0.2) is 0 Å². The van der Waals surface area contributed by atoms with Crippen LogP contribution in [0, 0.1) is 0 Å². The van der Waals surface area contributed by atoms with Crippen LogP contribution in [0.25, 0.3) is 0 Å². The number of rotatable bonds is 6. The standard InChI is InChI=1S/C11H16ClN3O3S/c1-2-14-11(16)5-6-15-19(17,18)8-3-4-9(12)10(13)7-8/h3-4,7,15H,2,5-6,13H2,1H3,(H,14,16). The molecule has 8 heteroatoms. The lowest BCUT2D eigenvalue weighted by molar-refractivity contribution is -0.120. The van der Waals surface area contributed by atoms with Gasteiger partial charge in [-0.3, -0.25) is 4.79 Å². The Hall–Kier alpha value is -1.31. The number of hydrogen-bond acceptors (Lipinski definition) is 4. The number of amides is 1. The van der Waals surface area contributed by atoms with Crippen molar-refractivity contribution in [1.29, 1.82) is 0 Å². The molecule has 0 spiro atoms. The number of anilines is 1. The zero-order chi connectivity index (χ0) is 14.5. The van der Waals surface area contributed by atoms with Gasteiger partial charge in [0, 0.05) is 19.5 Å². The van der Waals surface area contributed by atoms with Gasteiger partial charge in [-0.2, -0.15) is 0 Å². The van der Waals surface area contributed by atoms with Crippen LogP contribution in [0.15, 0.2) is 23.1 Å². The van der Waals surface area contributed by atoms with Crippen LogP contribution in [0.4, 0.5) is 5.69 Å². The second-order valence-corrected chi connectivity index (χ2v) is 5.96. The number of nitrogen functional groups attached to an aromatic ring is 1. The predicted molar refractivity (Wildman–Crippen MR) is 74.4 cm³/mol. The molecule has 0 aliphatic rings. The highest BCUT2D eigenvalue weighted by molar-refractivity contribution is 7.89. The number of nitrogens with two attached hydrogens (primary N) is 1. The molecule has 1 amide bonds. The van der Waals surface area contributed by atoms with E-state index in [1.807, 2.05) is 0 Å². The molecule has 106 valence electrons. The number of carbonyl (C=O) groups excluding carboxylic acids is 1. The van der Waals surface area contributed by atoms with Crippen molar-refractivity contribution in [2.24, 2.45) is 0 Å². The first-order valence-electron chi connectivity index (χ1n) is 5.68. The van der Waals surface area contributed by atoms with Gasteiger partial charge in [0.05, 0.1) is 15.6 Å². The zero-order valence-electron chi connectivity index (χ0n) is 10.4. The molecule has 4 N–H and O–H groups in total. The molecule has 0 aromatic heterocycles. The molecule has 0 bridgehead atoms. The first-order chi connectivity index (χ1) is 8.86. The Morgan fingerprint density at radius 2 is 2.11 bits per heavy atom. The Morgan fingerprint density at radius 1 is 1.42 bits per heavy atom. The molecular formula is C11H16ClN3O3S. The molecule has 0 fully saturated rings. The smallest absolute Gasteiger partial charge is 0.240 e. The van der Waals surface area contributed by atoms with Crippen LogP contribution in [-0.2, 0) is 14.8 Å². The summed E-state index contributed by atoms with van der Waals surface area (Å²) < 4.78 is 26.1. The number of benzene rings is 1. The summed E-state index contributed by atoms with van der Waals surface area (Å²) in [4.78, 5) is 11.2. The molecule has 0 saturated carbocycles. The van der Waals surface area contributed by atoms with E-state index in [4.69, 9.17) is 17.3 Å². The summed E-state index contributed by atoms with van der Waals surface area (Å²) in [6, 6.07) is 4.04. The minimum atomic E-state index is -3.68. The molecule has 19 heavy (non-hydrogen) atoms. The van der Waals surface area contributed by atoms with Gasteiger partial charge in [-0.15, -0.1) is 0 Å². The minimum absolute atomic E-state index is 0.0188. The molecule has 1 aromatic carbocycles. The van der Waals surface area contributed by atoms with Crippen molar-refractivity contribution in [2.45, 2.75) is 18.2 Å². The minimum Gasteiger partial charge on any atom is -0.397 e. The van der Waals surface area contributed by atoms with E-state index in [1.165, 1.54) is 18.2 Å².